The lowest BCUT2D eigenvalue weighted by molar-refractivity contribution is -0.384. The number of fused-ring (bicyclic) bond motifs is 1. The Morgan fingerprint density at radius 1 is 1.32 bits per heavy atom. The Balaban J connectivity index is 1.81. The third-order valence-corrected chi connectivity index (χ3v) is 5.66. The molecule has 1 aromatic carbocycles. The van der Waals surface area contributed by atoms with Crippen LogP contribution in [0.5, 0.6) is 0 Å². The van der Waals surface area contributed by atoms with Crippen LogP contribution in [0.1, 0.15) is 45.4 Å². The summed E-state index contributed by atoms with van der Waals surface area (Å²) >= 11 is 1.38. The van der Waals surface area contributed by atoms with E-state index in [1.807, 2.05) is 0 Å². The zero-order valence-corrected chi connectivity index (χ0v) is 16.2. The highest BCUT2D eigenvalue weighted by Crippen LogP contribution is 2.38. The van der Waals surface area contributed by atoms with Crippen LogP contribution in [0.15, 0.2) is 30.3 Å². The number of nitro groups is 1. The molecule has 0 spiro atoms. The Morgan fingerprint density at radius 2 is 2.11 bits per heavy atom. The largest absolute Gasteiger partial charge is 0.462 e. The first kappa shape index (κ1) is 19.8. The van der Waals surface area contributed by atoms with E-state index in [9.17, 15) is 19.7 Å². The molecule has 1 heterocycles. The molecule has 2 aromatic rings. The molecule has 0 saturated carbocycles. The number of hydrogen-bond acceptors (Lipinski definition) is 6. The third kappa shape index (κ3) is 4.45. The fourth-order valence-electron chi connectivity index (χ4n) is 3.12. The first-order chi connectivity index (χ1) is 13.5. The van der Waals surface area contributed by atoms with Crippen molar-refractivity contribution in [3.63, 3.8) is 0 Å². The highest BCUT2D eigenvalue weighted by molar-refractivity contribution is 7.14. The number of aryl methyl sites for hydroxylation is 1. The van der Waals surface area contributed by atoms with Crippen molar-refractivity contribution in [2.24, 2.45) is 0 Å². The first-order valence-corrected chi connectivity index (χ1v) is 9.86. The zero-order chi connectivity index (χ0) is 20.1. The predicted molar refractivity (Wildman–Crippen MR) is 108 cm³/mol. The number of benzene rings is 1. The fourth-order valence-corrected chi connectivity index (χ4v) is 4.36. The minimum atomic E-state index is -0.485. The number of carbonyl (C=O) groups is 2. The summed E-state index contributed by atoms with van der Waals surface area (Å²) in [6, 6.07) is 6.01. The predicted octanol–water partition coefficient (Wildman–Crippen LogP) is 4.36. The van der Waals surface area contributed by atoms with Gasteiger partial charge in [-0.05, 0) is 49.8 Å². The van der Waals surface area contributed by atoms with Crippen molar-refractivity contribution in [3.8, 4) is 0 Å². The zero-order valence-electron chi connectivity index (χ0n) is 15.4. The van der Waals surface area contributed by atoms with Crippen LogP contribution < -0.4 is 5.32 Å². The summed E-state index contributed by atoms with van der Waals surface area (Å²) in [6.45, 7) is 2.01. The number of amides is 1. The van der Waals surface area contributed by atoms with Crippen molar-refractivity contribution in [2.45, 2.75) is 32.6 Å². The van der Waals surface area contributed by atoms with Gasteiger partial charge in [0.1, 0.15) is 4.88 Å². The number of nitrogens with zero attached hydrogens (tertiary/aromatic N) is 1. The maximum atomic E-state index is 12.4. The van der Waals surface area contributed by atoms with Crippen LogP contribution in [0, 0.1) is 10.1 Å². The molecule has 0 unspecified atom stereocenters. The summed E-state index contributed by atoms with van der Waals surface area (Å²) in [6.07, 6.45) is 6.60. The maximum absolute atomic E-state index is 12.4. The molecule has 0 radical (unpaired) electrons. The fraction of sp³-hybridized carbons (Fsp3) is 0.300. The number of nitrogens with one attached hydrogen (secondary N) is 1. The smallest absolute Gasteiger partial charge is 0.350 e. The Labute approximate surface area is 166 Å². The maximum Gasteiger partial charge on any atom is 0.350 e. The van der Waals surface area contributed by atoms with Crippen molar-refractivity contribution in [3.05, 3.63) is 61.3 Å². The van der Waals surface area contributed by atoms with E-state index in [0.717, 1.165) is 36.1 Å². The highest BCUT2D eigenvalue weighted by Gasteiger charge is 2.26. The van der Waals surface area contributed by atoms with Gasteiger partial charge >= 0.3 is 5.97 Å². The van der Waals surface area contributed by atoms with Crippen LogP contribution in [0.3, 0.4) is 0 Å². The minimum absolute atomic E-state index is 0.0425. The van der Waals surface area contributed by atoms with Crippen molar-refractivity contribution >= 4 is 40.7 Å². The molecule has 3 rings (SSSR count). The number of esters is 1. The molecule has 1 aliphatic rings. The van der Waals surface area contributed by atoms with E-state index in [1.54, 1.807) is 19.1 Å². The van der Waals surface area contributed by atoms with E-state index >= 15 is 0 Å². The second kappa shape index (κ2) is 8.79. The van der Waals surface area contributed by atoms with Crippen LogP contribution in [0.25, 0.3) is 6.08 Å². The summed E-state index contributed by atoms with van der Waals surface area (Å²) in [7, 11) is 0. The van der Waals surface area contributed by atoms with E-state index < -0.39 is 16.8 Å². The molecule has 1 aliphatic carbocycles. The van der Waals surface area contributed by atoms with Gasteiger partial charge in [0.2, 0.25) is 5.91 Å². The third-order valence-electron chi connectivity index (χ3n) is 4.39. The molecule has 1 aromatic heterocycles. The molecule has 1 N–H and O–H groups in total. The second-order valence-corrected chi connectivity index (χ2v) is 7.42. The number of ether oxygens (including phenoxy) is 1. The van der Waals surface area contributed by atoms with Crippen molar-refractivity contribution in [1.29, 1.82) is 0 Å². The van der Waals surface area contributed by atoms with Gasteiger partial charge in [-0.25, -0.2) is 4.79 Å². The van der Waals surface area contributed by atoms with Crippen LogP contribution in [0.2, 0.25) is 0 Å². The first-order valence-electron chi connectivity index (χ1n) is 9.04. The van der Waals surface area contributed by atoms with E-state index in [4.69, 9.17) is 4.74 Å². The van der Waals surface area contributed by atoms with Crippen LogP contribution in [-0.2, 0) is 22.4 Å². The Bertz CT molecular complexity index is 948. The normalized spacial score (nSPS) is 13.2. The summed E-state index contributed by atoms with van der Waals surface area (Å²) in [5, 5.41) is 13.7. The quantitative estimate of drug-likeness (QED) is 0.336. The molecule has 0 atom stereocenters. The molecule has 1 amide bonds. The van der Waals surface area contributed by atoms with Crippen molar-refractivity contribution in [1.82, 2.24) is 0 Å². The number of carbonyl (C=O) groups excluding carboxylic acids is 2. The number of non-ortho nitro benzene ring substituents is 1. The van der Waals surface area contributed by atoms with Gasteiger partial charge < -0.3 is 10.1 Å². The summed E-state index contributed by atoms with van der Waals surface area (Å²) in [5.41, 5.74) is 2.05. The molecule has 146 valence electrons. The molecule has 7 nitrogen and oxygen atoms in total. The number of hydrogen-bond donors (Lipinski definition) is 1. The average molecular weight is 400 g/mol. The second-order valence-electron chi connectivity index (χ2n) is 6.31. The number of thiophene rings is 1. The summed E-state index contributed by atoms with van der Waals surface area (Å²) in [5.74, 6) is -0.830. The molecule has 0 fully saturated rings. The number of rotatable bonds is 6. The van der Waals surface area contributed by atoms with Crippen LogP contribution in [0.4, 0.5) is 11.4 Å². The Kier molecular flexibility index (Phi) is 6.20. The lowest BCUT2D eigenvalue weighted by Crippen LogP contribution is -2.14. The van der Waals surface area contributed by atoms with Gasteiger partial charge in [-0.2, -0.15) is 0 Å². The standard InChI is InChI=1S/C20H20N2O5S/c1-2-27-20(24)19-18(15-8-3-4-9-16(15)28-19)21-17(23)11-10-13-6-5-7-14(12-13)22(25)26/h5-7,10-12H,2-4,8-9H2,1H3,(H,21,23)/b11-10+. The molecule has 0 aliphatic heterocycles. The van der Waals surface area contributed by atoms with Gasteiger partial charge in [-0.3, -0.25) is 14.9 Å². The topological polar surface area (TPSA) is 98.5 Å². The lowest BCUT2D eigenvalue weighted by atomic mass is 9.97. The van der Waals surface area contributed by atoms with Gasteiger partial charge in [0.25, 0.3) is 5.69 Å². The van der Waals surface area contributed by atoms with Crippen LogP contribution >= 0.6 is 11.3 Å². The molecular formula is C20H20N2O5S. The monoisotopic (exact) mass is 400 g/mol. The van der Waals surface area contributed by atoms with Gasteiger partial charge in [0.15, 0.2) is 0 Å². The van der Waals surface area contributed by atoms with E-state index in [1.165, 1.54) is 35.6 Å². The van der Waals surface area contributed by atoms with Gasteiger partial charge in [0.05, 0.1) is 17.2 Å². The molecule has 28 heavy (non-hydrogen) atoms. The molecule has 0 bridgehead atoms. The molecule has 8 heteroatoms. The van der Waals surface area contributed by atoms with E-state index in [0.29, 0.717) is 16.1 Å². The highest BCUT2D eigenvalue weighted by atomic mass is 32.1. The average Bonchev–Trinajstić information content (AvgIpc) is 3.05. The number of anilines is 1. The van der Waals surface area contributed by atoms with Gasteiger partial charge in [0, 0.05) is 23.1 Å². The minimum Gasteiger partial charge on any atom is -0.462 e. The summed E-state index contributed by atoms with van der Waals surface area (Å²) in [4.78, 5) is 36.7. The molecular weight excluding hydrogens is 380 g/mol. The SMILES string of the molecule is CCOC(=O)c1sc2c(c1NC(=O)/C=C/c1cccc([N+](=O)[O-])c1)CCCC2. The summed E-state index contributed by atoms with van der Waals surface area (Å²) < 4.78 is 5.13. The van der Waals surface area contributed by atoms with E-state index in [-0.39, 0.29) is 12.3 Å². The van der Waals surface area contributed by atoms with Crippen LogP contribution in [-0.4, -0.2) is 23.4 Å². The van der Waals surface area contributed by atoms with E-state index in [2.05, 4.69) is 5.32 Å². The lowest BCUT2D eigenvalue weighted by Gasteiger charge is -2.13. The molecule has 0 saturated heterocycles. The Morgan fingerprint density at radius 3 is 2.86 bits per heavy atom. The number of nitro benzene ring substituents is 1. The Hall–Kier alpha value is -3.00. The van der Waals surface area contributed by atoms with Gasteiger partial charge in [-0.15, -0.1) is 11.3 Å². The van der Waals surface area contributed by atoms with Crippen molar-refractivity contribution < 1.29 is 19.2 Å². The van der Waals surface area contributed by atoms with Crippen molar-refractivity contribution in [2.75, 3.05) is 11.9 Å². The van der Waals surface area contributed by atoms with Gasteiger partial charge in [-0.1, -0.05) is 12.1 Å².